The van der Waals surface area contributed by atoms with Crippen molar-refractivity contribution in [2.45, 2.75) is 12.4 Å². The molecule has 0 N–H and O–H groups in total. The number of benzene rings is 4. The molecule has 4 rings (SSSR count). The topological polar surface area (TPSA) is 0 Å². The average molecular weight is 488 g/mol. The highest BCUT2D eigenvalue weighted by atomic mass is 31.2. The third-order valence-electron chi connectivity index (χ3n) is 5.44. The molecule has 0 aliphatic heterocycles. The Hall–Kier alpha value is -3.24. The van der Waals surface area contributed by atoms with Gasteiger partial charge in [-0.3, -0.25) is 0 Å². The highest BCUT2D eigenvalue weighted by Crippen LogP contribution is 2.45. The van der Waals surface area contributed by atoms with E-state index < -0.39 is 30.4 Å². The molecule has 0 heterocycles. The standard InChI is InChI=1S/C27H19F6P/c28-26(29,30)21-16-20(17-22(18-21)27(31,32)33)19-34(23-10-4-1-5-11-23,24-12-6-2-7-13-24)25-14-8-3-9-15-25/h1-19H. The van der Waals surface area contributed by atoms with Gasteiger partial charge in [0.1, 0.15) is 0 Å². The second-order valence-corrected chi connectivity index (χ2v) is 11.0. The van der Waals surface area contributed by atoms with E-state index in [-0.39, 0.29) is 11.6 Å². The van der Waals surface area contributed by atoms with E-state index in [1.807, 2.05) is 91.0 Å². The summed E-state index contributed by atoms with van der Waals surface area (Å²) < 4.78 is 81.4. The average Bonchev–Trinajstić information content (AvgIpc) is 2.83. The molecule has 0 fully saturated rings. The summed E-state index contributed by atoms with van der Waals surface area (Å²) in [6.07, 6.45) is -9.84. The SMILES string of the molecule is FC(F)(F)c1cc(C=P(c2ccccc2)(c2ccccc2)c2ccccc2)cc(C(F)(F)F)c1. The van der Waals surface area contributed by atoms with E-state index in [9.17, 15) is 26.3 Å². The molecular weight excluding hydrogens is 469 g/mol. The maximum Gasteiger partial charge on any atom is 0.416 e. The van der Waals surface area contributed by atoms with Gasteiger partial charge in [-0.05, 0) is 52.4 Å². The zero-order chi connectivity index (χ0) is 24.4. The molecule has 34 heavy (non-hydrogen) atoms. The molecule has 0 atom stereocenters. The van der Waals surface area contributed by atoms with E-state index in [0.29, 0.717) is 0 Å². The lowest BCUT2D eigenvalue weighted by Gasteiger charge is -2.29. The van der Waals surface area contributed by atoms with Gasteiger partial charge in [0.25, 0.3) is 0 Å². The number of halogens is 6. The maximum atomic E-state index is 13.6. The molecule has 0 aromatic heterocycles. The third-order valence-corrected chi connectivity index (χ3v) is 9.47. The molecule has 0 aliphatic carbocycles. The number of rotatable bonds is 4. The zero-order valence-corrected chi connectivity index (χ0v) is 18.6. The molecule has 0 saturated carbocycles. The van der Waals surface area contributed by atoms with Gasteiger partial charge in [0.05, 0.1) is 11.1 Å². The van der Waals surface area contributed by atoms with Gasteiger partial charge in [0.2, 0.25) is 0 Å². The van der Waals surface area contributed by atoms with Crippen LogP contribution in [-0.4, -0.2) is 5.80 Å². The number of hydrogen-bond acceptors (Lipinski definition) is 0. The minimum Gasteiger partial charge on any atom is -0.166 e. The molecule has 0 radical (unpaired) electrons. The Balaban J connectivity index is 2.15. The largest absolute Gasteiger partial charge is 0.416 e. The molecule has 0 amide bonds. The summed E-state index contributed by atoms with van der Waals surface area (Å²) in [5.74, 6) is 1.59. The minimum absolute atomic E-state index is 0.132. The lowest BCUT2D eigenvalue weighted by molar-refractivity contribution is -0.143. The van der Waals surface area contributed by atoms with Gasteiger partial charge in [0, 0.05) is 0 Å². The molecule has 4 aromatic carbocycles. The van der Waals surface area contributed by atoms with Crippen LogP contribution < -0.4 is 15.9 Å². The predicted molar refractivity (Wildman–Crippen MR) is 127 cm³/mol. The number of hydrogen-bond donors (Lipinski definition) is 0. The van der Waals surface area contributed by atoms with Crippen LogP contribution in [0.4, 0.5) is 26.3 Å². The Bertz CT molecular complexity index is 1170. The van der Waals surface area contributed by atoms with Crippen molar-refractivity contribution in [1.29, 1.82) is 0 Å². The second-order valence-electron chi connectivity index (χ2n) is 7.70. The quantitative estimate of drug-likeness (QED) is 0.217. The summed E-state index contributed by atoms with van der Waals surface area (Å²) in [5, 5.41) is 2.45. The van der Waals surface area contributed by atoms with Crippen molar-refractivity contribution in [2.24, 2.45) is 0 Å². The smallest absolute Gasteiger partial charge is 0.166 e. The van der Waals surface area contributed by atoms with Crippen molar-refractivity contribution >= 4 is 28.6 Å². The molecule has 7 heteroatoms. The summed E-state index contributed by atoms with van der Waals surface area (Å²) in [7, 11) is 0. The molecule has 0 nitrogen and oxygen atoms in total. The van der Waals surface area contributed by atoms with Gasteiger partial charge in [-0.2, -0.15) is 26.3 Å². The molecule has 0 unspecified atom stereocenters. The van der Waals surface area contributed by atoms with Crippen LogP contribution in [0.15, 0.2) is 109 Å². The first-order valence-electron chi connectivity index (χ1n) is 10.3. The fraction of sp³-hybridized carbons (Fsp3) is 0.0741. The molecule has 0 saturated heterocycles. The molecule has 4 aromatic rings. The van der Waals surface area contributed by atoms with Crippen LogP contribution >= 0.6 is 6.89 Å². The first-order valence-corrected chi connectivity index (χ1v) is 12.2. The highest BCUT2D eigenvalue weighted by Gasteiger charge is 2.37. The Morgan fingerprint density at radius 2 is 0.794 bits per heavy atom. The fourth-order valence-electron chi connectivity index (χ4n) is 3.94. The highest BCUT2D eigenvalue weighted by molar-refractivity contribution is 7.94. The van der Waals surface area contributed by atoms with Gasteiger partial charge < -0.3 is 0 Å². The minimum atomic E-state index is -4.92. The molecular formula is C27H19F6P. The molecule has 174 valence electrons. The van der Waals surface area contributed by atoms with E-state index in [2.05, 4.69) is 0 Å². The summed E-state index contributed by atoms with van der Waals surface area (Å²) in [6.45, 7) is -2.78. The Labute approximate surface area is 193 Å². The molecule has 0 bridgehead atoms. The van der Waals surface area contributed by atoms with Gasteiger partial charge in [0.15, 0.2) is 0 Å². The van der Waals surface area contributed by atoms with E-state index in [1.54, 1.807) is 5.80 Å². The van der Waals surface area contributed by atoms with E-state index >= 15 is 0 Å². The maximum absolute atomic E-state index is 13.6. The van der Waals surface area contributed by atoms with Crippen LogP contribution in [0.2, 0.25) is 0 Å². The van der Waals surface area contributed by atoms with Crippen LogP contribution in [0, 0.1) is 0 Å². The van der Waals surface area contributed by atoms with Crippen molar-refractivity contribution in [3.05, 3.63) is 126 Å². The third kappa shape index (κ3) is 4.83. The summed E-state index contributed by atoms with van der Waals surface area (Å²) in [4.78, 5) is 0. The summed E-state index contributed by atoms with van der Waals surface area (Å²) in [5.41, 5.74) is -2.80. The predicted octanol–water partition coefficient (Wildman–Crippen LogP) is 6.87. The van der Waals surface area contributed by atoms with E-state index in [4.69, 9.17) is 0 Å². The lowest BCUT2D eigenvalue weighted by Crippen LogP contribution is -2.27. The lowest BCUT2D eigenvalue weighted by atomic mass is 10.1. The second kappa shape index (κ2) is 9.19. The first-order chi connectivity index (χ1) is 16.1. The van der Waals surface area contributed by atoms with Crippen LogP contribution in [0.3, 0.4) is 0 Å². The van der Waals surface area contributed by atoms with Crippen LogP contribution in [-0.2, 0) is 12.4 Å². The Morgan fingerprint density at radius 3 is 1.09 bits per heavy atom. The fourth-order valence-corrected chi connectivity index (χ4v) is 7.80. The van der Waals surface area contributed by atoms with Crippen molar-refractivity contribution in [3.8, 4) is 0 Å². The first kappa shape index (κ1) is 23.9. The van der Waals surface area contributed by atoms with Gasteiger partial charge >= 0.3 is 12.4 Å². The van der Waals surface area contributed by atoms with Gasteiger partial charge in [-0.15, -0.1) is 0 Å². The van der Waals surface area contributed by atoms with Crippen molar-refractivity contribution in [2.75, 3.05) is 0 Å². The number of alkyl halides is 6. The Morgan fingerprint density at radius 1 is 0.471 bits per heavy atom. The van der Waals surface area contributed by atoms with E-state index in [0.717, 1.165) is 28.0 Å². The van der Waals surface area contributed by atoms with Crippen molar-refractivity contribution in [1.82, 2.24) is 0 Å². The van der Waals surface area contributed by atoms with Crippen LogP contribution in [0.25, 0.3) is 0 Å². The monoisotopic (exact) mass is 488 g/mol. The molecule has 0 aliphatic rings. The van der Waals surface area contributed by atoms with Crippen molar-refractivity contribution < 1.29 is 26.3 Å². The van der Waals surface area contributed by atoms with Crippen molar-refractivity contribution in [3.63, 3.8) is 0 Å². The summed E-state index contributed by atoms with van der Waals surface area (Å²) in [6, 6.07) is 29.3. The van der Waals surface area contributed by atoms with Crippen LogP contribution in [0.5, 0.6) is 0 Å². The summed E-state index contributed by atoms with van der Waals surface area (Å²) >= 11 is 0. The normalized spacial score (nSPS) is 12.4. The van der Waals surface area contributed by atoms with Gasteiger partial charge in [-0.25, -0.2) is 0 Å². The van der Waals surface area contributed by atoms with E-state index in [1.165, 1.54) is 0 Å². The molecule has 0 spiro atoms. The Kier molecular flexibility index (Phi) is 6.46. The zero-order valence-electron chi connectivity index (χ0n) is 17.7. The van der Waals surface area contributed by atoms with Crippen LogP contribution in [0.1, 0.15) is 16.7 Å². The van der Waals surface area contributed by atoms with Gasteiger partial charge in [-0.1, -0.05) is 91.0 Å².